The van der Waals surface area contributed by atoms with Crippen molar-refractivity contribution in [1.82, 2.24) is 19.9 Å². The molecule has 182 valence electrons. The molecule has 0 amide bonds. The van der Waals surface area contributed by atoms with E-state index in [1.54, 1.807) is 0 Å². The monoisotopic (exact) mass is 666 g/mol. The van der Waals surface area contributed by atoms with Gasteiger partial charge in [0.1, 0.15) is 0 Å². The molecule has 0 aliphatic carbocycles. The summed E-state index contributed by atoms with van der Waals surface area (Å²) in [5.41, 5.74) is 12.0. The first kappa shape index (κ1) is 23.4. The molecule has 3 aromatic heterocycles. The van der Waals surface area contributed by atoms with Gasteiger partial charge in [0.15, 0.2) is 0 Å². The van der Waals surface area contributed by atoms with Gasteiger partial charge in [-0.05, 0) is 98.2 Å². The van der Waals surface area contributed by atoms with Crippen molar-refractivity contribution < 1.29 is 0 Å². The second-order valence-electron chi connectivity index (χ2n) is 9.11. The molecule has 0 spiro atoms. The van der Waals surface area contributed by atoms with Crippen LogP contribution in [0.4, 0.5) is 0 Å². The summed E-state index contributed by atoms with van der Waals surface area (Å²) in [5.74, 6) is 0. The van der Waals surface area contributed by atoms with Crippen LogP contribution in [0.1, 0.15) is 22.8 Å². The second kappa shape index (κ2) is 9.53. The van der Waals surface area contributed by atoms with E-state index in [9.17, 15) is 0 Å². The van der Waals surface area contributed by atoms with Crippen LogP contribution in [0.5, 0.6) is 0 Å². The molecule has 2 aromatic carbocycles. The number of rotatable bonds is 2. The lowest BCUT2D eigenvalue weighted by Crippen LogP contribution is -1.87. The first-order chi connectivity index (χ1) is 18.7. The van der Waals surface area contributed by atoms with Crippen molar-refractivity contribution in [2.45, 2.75) is 0 Å². The quantitative estimate of drug-likeness (QED) is 0.181. The lowest BCUT2D eigenvalue weighted by molar-refractivity contribution is 1.25. The molecule has 2 N–H and O–H groups in total. The number of fused-ring (bicyclic) bond motifs is 8. The third kappa shape index (κ3) is 4.04. The fraction of sp³-hybridized carbons (Fsp3) is 0. The van der Waals surface area contributed by atoms with E-state index in [1.807, 2.05) is 24.3 Å². The lowest BCUT2D eigenvalue weighted by Gasteiger charge is -2.04. The summed E-state index contributed by atoms with van der Waals surface area (Å²) in [6.07, 6.45) is 8.25. The Kier molecular flexibility index (Phi) is 5.86. The van der Waals surface area contributed by atoms with Crippen molar-refractivity contribution in [1.29, 1.82) is 0 Å². The number of nitrogens with one attached hydrogen (secondary N) is 2. The maximum absolute atomic E-state index is 5.05. The van der Waals surface area contributed by atoms with Crippen molar-refractivity contribution in [3.8, 4) is 22.3 Å². The van der Waals surface area contributed by atoms with E-state index in [0.717, 1.165) is 75.1 Å². The maximum Gasteiger partial charge on any atom is 0.0801 e. The lowest BCUT2D eigenvalue weighted by atomic mass is 10.0. The highest BCUT2D eigenvalue weighted by Crippen LogP contribution is 2.35. The van der Waals surface area contributed by atoms with Crippen LogP contribution in [-0.2, 0) is 0 Å². The van der Waals surface area contributed by atoms with Gasteiger partial charge in [0.2, 0.25) is 0 Å². The molecule has 0 atom stereocenters. The van der Waals surface area contributed by atoms with Crippen molar-refractivity contribution in [2.75, 3.05) is 0 Å². The van der Waals surface area contributed by atoms with Crippen LogP contribution < -0.4 is 0 Å². The van der Waals surface area contributed by atoms with Gasteiger partial charge in [-0.2, -0.15) is 0 Å². The summed E-state index contributed by atoms with van der Waals surface area (Å²) in [5, 5.41) is 0. The molecule has 0 saturated heterocycles. The Labute approximate surface area is 241 Å². The van der Waals surface area contributed by atoms with Gasteiger partial charge in [-0.3, -0.25) is 0 Å². The summed E-state index contributed by atoms with van der Waals surface area (Å²) in [4.78, 5) is 17.4. The summed E-state index contributed by atoms with van der Waals surface area (Å²) in [6.45, 7) is 0. The second-order valence-corrected chi connectivity index (χ2v) is 11.0. The minimum atomic E-state index is 0.849. The number of nitrogens with zero attached hydrogens (tertiary/aromatic N) is 2. The molecule has 0 unspecified atom stereocenters. The van der Waals surface area contributed by atoms with Crippen LogP contribution >= 0.6 is 38.5 Å². The van der Waals surface area contributed by atoms with E-state index in [0.29, 0.717) is 0 Å². The molecule has 7 rings (SSSR count). The number of halogens is 2. The zero-order chi connectivity index (χ0) is 25.6. The molecule has 0 fully saturated rings. The molecular formula is C32H20BrIN4. The minimum absolute atomic E-state index is 0.849. The van der Waals surface area contributed by atoms with Gasteiger partial charge in [-0.1, -0.05) is 60.7 Å². The molecule has 0 radical (unpaired) electrons. The molecule has 0 saturated carbocycles. The normalized spacial score (nSPS) is 12.3. The Morgan fingerprint density at radius 2 is 0.895 bits per heavy atom. The Bertz CT molecular complexity index is 1800. The minimum Gasteiger partial charge on any atom is -0.354 e. The van der Waals surface area contributed by atoms with E-state index < -0.39 is 0 Å². The Hall–Kier alpha value is -3.75. The van der Waals surface area contributed by atoms with E-state index in [2.05, 4.69) is 133 Å². The highest BCUT2D eigenvalue weighted by atomic mass is 127. The predicted octanol–water partition coefficient (Wildman–Crippen LogP) is 9.36. The molecule has 2 aliphatic heterocycles. The summed E-state index contributed by atoms with van der Waals surface area (Å²) >= 11 is 6.23. The van der Waals surface area contributed by atoms with E-state index in [1.165, 1.54) is 0 Å². The fourth-order valence-corrected chi connectivity index (χ4v) is 6.02. The number of aromatic amines is 2. The SMILES string of the molecule is Brc1c2nc(c(-c3ccccc3)c3ccc([nH]3)c(I)c3ccc([nH]3)c(-c3ccccc3)c3nc1C=C3)C=C2. The third-order valence-electron chi connectivity index (χ3n) is 6.75. The molecule has 5 heterocycles. The average Bonchev–Trinajstić information content (AvgIpc) is 3.77. The van der Waals surface area contributed by atoms with Crippen molar-refractivity contribution in [3.63, 3.8) is 0 Å². The summed E-state index contributed by atoms with van der Waals surface area (Å²) < 4.78 is 1.97. The van der Waals surface area contributed by atoms with Gasteiger partial charge in [-0.15, -0.1) is 0 Å². The van der Waals surface area contributed by atoms with Crippen LogP contribution in [0.2, 0.25) is 0 Å². The first-order valence-corrected chi connectivity index (χ1v) is 14.1. The largest absolute Gasteiger partial charge is 0.354 e. The first-order valence-electron chi connectivity index (χ1n) is 12.2. The molecule has 38 heavy (non-hydrogen) atoms. The van der Waals surface area contributed by atoms with E-state index >= 15 is 0 Å². The molecule has 4 nitrogen and oxygen atoms in total. The summed E-state index contributed by atoms with van der Waals surface area (Å²) in [7, 11) is 0. The standard InChI is InChI=1S/C32H20BrIN4/c33-31-25-15-11-21(35-25)29(19-7-3-1-4-8-19)23-13-17-27(37-23)32(34)28-18-14-24(38-28)30(20-9-5-2-6-10-20)22-12-16-26(31)36-22/h1-18,37-38H. The molecule has 6 heteroatoms. The van der Waals surface area contributed by atoms with E-state index in [-0.39, 0.29) is 0 Å². The van der Waals surface area contributed by atoms with E-state index in [4.69, 9.17) is 9.97 Å². The van der Waals surface area contributed by atoms with Crippen LogP contribution in [0, 0.1) is 3.57 Å². The van der Waals surface area contributed by atoms with Crippen molar-refractivity contribution >= 4 is 84.9 Å². The Balaban J connectivity index is 1.64. The van der Waals surface area contributed by atoms with Crippen LogP contribution in [0.3, 0.4) is 0 Å². The van der Waals surface area contributed by atoms with Crippen LogP contribution in [0.25, 0.3) is 68.6 Å². The number of hydrogen-bond donors (Lipinski definition) is 2. The number of hydrogen-bond acceptors (Lipinski definition) is 2. The zero-order valence-electron chi connectivity index (χ0n) is 20.0. The highest BCUT2D eigenvalue weighted by molar-refractivity contribution is 14.1. The number of H-pyrrole nitrogens is 2. The smallest absolute Gasteiger partial charge is 0.0801 e. The van der Waals surface area contributed by atoms with Gasteiger partial charge in [0, 0.05) is 22.2 Å². The van der Waals surface area contributed by atoms with Crippen molar-refractivity contribution in [3.05, 3.63) is 116 Å². The molecule has 5 aromatic rings. The number of benzene rings is 2. The predicted molar refractivity (Wildman–Crippen MR) is 170 cm³/mol. The number of aromatic nitrogens is 4. The molecule has 2 aliphatic rings. The van der Waals surface area contributed by atoms with Gasteiger partial charge in [-0.25, -0.2) is 9.97 Å². The molecule has 8 bridgehead atoms. The Morgan fingerprint density at radius 3 is 1.34 bits per heavy atom. The summed E-state index contributed by atoms with van der Waals surface area (Å²) in [6, 6.07) is 29.3. The van der Waals surface area contributed by atoms with Crippen LogP contribution in [0.15, 0.2) is 89.4 Å². The maximum atomic E-state index is 5.05. The Morgan fingerprint density at radius 1 is 0.500 bits per heavy atom. The third-order valence-corrected chi connectivity index (χ3v) is 8.73. The van der Waals surface area contributed by atoms with Crippen LogP contribution in [-0.4, -0.2) is 19.9 Å². The van der Waals surface area contributed by atoms with Crippen molar-refractivity contribution in [2.24, 2.45) is 0 Å². The zero-order valence-corrected chi connectivity index (χ0v) is 23.8. The van der Waals surface area contributed by atoms with Gasteiger partial charge >= 0.3 is 0 Å². The fourth-order valence-electron chi connectivity index (χ4n) is 4.95. The average molecular weight is 667 g/mol. The van der Waals surface area contributed by atoms with Gasteiger partial charge in [0.05, 0.1) is 41.9 Å². The topological polar surface area (TPSA) is 57.4 Å². The van der Waals surface area contributed by atoms with Gasteiger partial charge < -0.3 is 9.97 Å². The van der Waals surface area contributed by atoms with Gasteiger partial charge in [0.25, 0.3) is 0 Å². The highest BCUT2D eigenvalue weighted by Gasteiger charge is 2.16. The molecular weight excluding hydrogens is 647 g/mol.